The van der Waals surface area contributed by atoms with Crippen molar-refractivity contribution in [3.63, 3.8) is 0 Å². The lowest BCUT2D eigenvalue weighted by molar-refractivity contribution is 0.0242. The highest BCUT2D eigenvalue weighted by Crippen LogP contribution is 2.32. The van der Waals surface area contributed by atoms with Crippen molar-refractivity contribution in [2.45, 2.75) is 31.7 Å². The van der Waals surface area contributed by atoms with Gasteiger partial charge in [-0.15, -0.1) is 0 Å². The number of aromatic nitrogens is 1. The van der Waals surface area contributed by atoms with Gasteiger partial charge in [0.15, 0.2) is 0 Å². The zero-order chi connectivity index (χ0) is 24.4. The van der Waals surface area contributed by atoms with Crippen molar-refractivity contribution in [1.29, 1.82) is 0 Å². The minimum absolute atomic E-state index is 0.0998. The summed E-state index contributed by atoms with van der Waals surface area (Å²) in [5.74, 6) is 0.768. The Morgan fingerprint density at radius 1 is 0.971 bits per heavy atom. The molecule has 3 heterocycles. The maximum atomic E-state index is 13.1. The second kappa shape index (κ2) is 10.8. The SMILES string of the molecule is O=C(c1ccc2ncccc2c1)N1CCC(N2CCC(Cc3ccc(Cl)c(Cl)c3)[C@H](CO)C2)CC1. The van der Waals surface area contributed by atoms with Gasteiger partial charge < -0.3 is 10.0 Å². The number of fused-ring (bicyclic) bond motifs is 1. The molecule has 1 aromatic heterocycles. The number of carbonyl (C=O) groups is 1. The standard InChI is InChI=1S/C28H31Cl2N3O2/c29-25-5-3-19(15-26(25)30)14-20-7-11-33(17-23(20)18-34)24-8-12-32(13-9-24)28(35)22-4-6-27-21(16-22)2-1-10-31-27/h1-6,10,15-16,20,23-24,34H,7-9,11-14,17-18H2/t20?,23-/m0/s1. The number of aliphatic hydroxyl groups is 1. The Balaban J connectivity index is 1.16. The molecule has 1 unspecified atom stereocenters. The van der Waals surface area contributed by atoms with Crippen molar-refractivity contribution in [3.05, 3.63) is 75.9 Å². The number of piperidine rings is 2. The van der Waals surface area contributed by atoms with Crippen LogP contribution in [-0.2, 0) is 6.42 Å². The van der Waals surface area contributed by atoms with Gasteiger partial charge in [-0.2, -0.15) is 0 Å². The smallest absolute Gasteiger partial charge is 0.253 e. The predicted octanol–water partition coefficient (Wildman–Crippen LogP) is 5.32. The highest BCUT2D eigenvalue weighted by atomic mass is 35.5. The molecule has 2 aromatic carbocycles. The first-order valence-electron chi connectivity index (χ1n) is 12.4. The number of aliphatic hydroxyl groups excluding tert-OH is 1. The number of pyridine rings is 1. The third-order valence-corrected chi connectivity index (χ3v) is 8.50. The normalized spacial score (nSPS) is 22.0. The summed E-state index contributed by atoms with van der Waals surface area (Å²) in [7, 11) is 0. The number of amides is 1. The minimum atomic E-state index is 0.0998. The van der Waals surface area contributed by atoms with E-state index in [4.69, 9.17) is 23.2 Å². The third-order valence-electron chi connectivity index (χ3n) is 7.76. The highest BCUT2D eigenvalue weighted by Gasteiger charge is 2.34. The summed E-state index contributed by atoms with van der Waals surface area (Å²) in [4.78, 5) is 22.0. The van der Waals surface area contributed by atoms with E-state index in [1.807, 2.05) is 53.4 Å². The Hall–Kier alpha value is -2.18. The third kappa shape index (κ3) is 5.49. The fourth-order valence-corrected chi connectivity index (χ4v) is 6.03. The number of nitrogens with zero attached hydrogens (tertiary/aromatic N) is 3. The van der Waals surface area contributed by atoms with Crippen molar-refractivity contribution in [2.75, 3.05) is 32.8 Å². The largest absolute Gasteiger partial charge is 0.396 e. The van der Waals surface area contributed by atoms with Gasteiger partial charge in [-0.25, -0.2) is 0 Å². The predicted molar refractivity (Wildman–Crippen MR) is 141 cm³/mol. The van der Waals surface area contributed by atoms with Crippen LogP contribution in [0.15, 0.2) is 54.7 Å². The molecule has 7 heteroatoms. The van der Waals surface area contributed by atoms with E-state index in [0.717, 1.165) is 68.3 Å². The lowest BCUT2D eigenvalue weighted by Crippen LogP contribution is -2.52. The van der Waals surface area contributed by atoms with Crippen molar-refractivity contribution < 1.29 is 9.90 Å². The van der Waals surface area contributed by atoms with Crippen LogP contribution in [0.3, 0.4) is 0 Å². The first kappa shape index (κ1) is 24.5. The Bertz CT molecular complexity index is 1200. The second-order valence-electron chi connectivity index (χ2n) is 9.87. The maximum Gasteiger partial charge on any atom is 0.253 e. The minimum Gasteiger partial charge on any atom is -0.396 e. The monoisotopic (exact) mass is 511 g/mol. The van der Waals surface area contributed by atoms with Gasteiger partial charge >= 0.3 is 0 Å². The van der Waals surface area contributed by atoms with Crippen LogP contribution in [0.5, 0.6) is 0 Å². The van der Waals surface area contributed by atoms with Crippen LogP contribution in [-0.4, -0.2) is 64.6 Å². The molecule has 2 aliphatic rings. The summed E-state index contributed by atoms with van der Waals surface area (Å²) >= 11 is 12.3. The Kier molecular flexibility index (Phi) is 7.59. The highest BCUT2D eigenvalue weighted by molar-refractivity contribution is 6.42. The molecule has 2 aliphatic heterocycles. The van der Waals surface area contributed by atoms with Crippen molar-refractivity contribution in [3.8, 4) is 0 Å². The molecular formula is C28H31Cl2N3O2. The molecule has 0 bridgehead atoms. The Morgan fingerprint density at radius 3 is 2.57 bits per heavy atom. The van der Waals surface area contributed by atoms with E-state index in [9.17, 15) is 9.90 Å². The van der Waals surface area contributed by atoms with Gasteiger partial charge in [0.25, 0.3) is 5.91 Å². The molecule has 184 valence electrons. The van der Waals surface area contributed by atoms with Gasteiger partial charge in [-0.1, -0.05) is 35.3 Å². The molecule has 0 aliphatic carbocycles. The average molecular weight is 512 g/mol. The Labute approximate surface area is 216 Å². The molecule has 2 fully saturated rings. The summed E-state index contributed by atoms with van der Waals surface area (Å²) in [6, 6.07) is 15.9. The van der Waals surface area contributed by atoms with Gasteiger partial charge in [0.1, 0.15) is 0 Å². The van der Waals surface area contributed by atoms with E-state index in [-0.39, 0.29) is 18.4 Å². The number of hydrogen-bond acceptors (Lipinski definition) is 4. The van der Waals surface area contributed by atoms with Crippen molar-refractivity contribution in [2.24, 2.45) is 11.8 Å². The molecule has 0 saturated carbocycles. The van der Waals surface area contributed by atoms with Crippen molar-refractivity contribution in [1.82, 2.24) is 14.8 Å². The van der Waals surface area contributed by atoms with Crippen LogP contribution in [0.2, 0.25) is 10.0 Å². The van der Waals surface area contributed by atoms with E-state index in [2.05, 4.69) is 9.88 Å². The van der Waals surface area contributed by atoms with Gasteiger partial charge in [0.05, 0.1) is 15.6 Å². The van der Waals surface area contributed by atoms with Gasteiger partial charge in [0.2, 0.25) is 0 Å². The molecule has 35 heavy (non-hydrogen) atoms. The van der Waals surface area contributed by atoms with Crippen LogP contribution in [0.25, 0.3) is 10.9 Å². The number of hydrogen-bond donors (Lipinski definition) is 1. The van der Waals surface area contributed by atoms with Gasteiger partial charge in [-0.05, 0) is 86.0 Å². The fourth-order valence-electron chi connectivity index (χ4n) is 5.71. The fraction of sp³-hybridized carbons (Fsp3) is 0.429. The number of carbonyl (C=O) groups excluding carboxylic acids is 1. The molecule has 1 amide bonds. The topological polar surface area (TPSA) is 56.7 Å². The Morgan fingerprint density at radius 2 is 1.80 bits per heavy atom. The van der Waals surface area contributed by atoms with E-state index in [0.29, 0.717) is 22.0 Å². The zero-order valence-corrected chi connectivity index (χ0v) is 21.3. The summed E-state index contributed by atoms with van der Waals surface area (Å²) in [6.07, 6.45) is 5.67. The quantitative estimate of drug-likeness (QED) is 0.503. The molecular weight excluding hydrogens is 481 g/mol. The van der Waals surface area contributed by atoms with Gasteiger partial charge in [0, 0.05) is 49.4 Å². The molecule has 2 saturated heterocycles. The maximum absolute atomic E-state index is 13.1. The molecule has 5 nitrogen and oxygen atoms in total. The lowest BCUT2D eigenvalue weighted by Gasteiger charge is -2.44. The number of halogens is 2. The molecule has 0 radical (unpaired) electrons. The number of benzene rings is 2. The molecule has 0 spiro atoms. The van der Waals surface area contributed by atoms with Gasteiger partial charge in [-0.3, -0.25) is 14.7 Å². The van der Waals surface area contributed by atoms with Crippen LogP contribution in [0, 0.1) is 11.8 Å². The number of rotatable bonds is 5. The molecule has 3 aromatic rings. The average Bonchev–Trinajstić information content (AvgIpc) is 2.90. The summed E-state index contributed by atoms with van der Waals surface area (Å²) in [5.41, 5.74) is 2.81. The van der Waals surface area contributed by atoms with Crippen LogP contribution >= 0.6 is 23.2 Å². The summed E-state index contributed by atoms with van der Waals surface area (Å²) in [6.45, 7) is 3.65. The summed E-state index contributed by atoms with van der Waals surface area (Å²) < 4.78 is 0. The molecule has 5 rings (SSSR count). The van der Waals surface area contributed by atoms with E-state index in [1.54, 1.807) is 6.20 Å². The zero-order valence-electron chi connectivity index (χ0n) is 19.7. The lowest BCUT2D eigenvalue weighted by atomic mass is 9.80. The number of likely N-dealkylation sites (tertiary alicyclic amines) is 2. The summed E-state index contributed by atoms with van der Waals surface area (Å²) in [5, 5.41) is 12.3. The second-order valence-corrected chi connectivity index (χ2v) is 10.7. The van der Waals surface area contributed by atoms with Crippen molar-refractivity contribution >= 4 is 40.0 Å². The van der Waals surface area contributed by atoms with Crippen LogP contribution < -0.4 is 0 Å². The first-order chi connectivity index (χ1) is 17.0. The van der Waals surface area contributed by atoms with E-state index >= 15 is 0 Å². The van der Waals surface area contributed by atoms with Crippen LogP contribution in [0.4, 0.5) is 0 Å². The first-order valence-corrected chi connectivity index (χ1v) is 13.2. The molecule has 1 N–H and O–H groups in total. The van der Waals surface area contributed by atoms with E-state index in [1.165, 1.54) is 5.56 Å². The van der Waals surface area contributed by atoms with E-state index < -0.39 is 0 Å². The molecule has 2 atom stereocenters. The van der Waals surface area contributed by atoms with Crippen LogP contribution in [0.1, 0.15) is 35.2 Å².